The summed E-state index contributed by atoms with van der Waals surface area (Å²) in [5.74, 6) is -0.329. The van der Waals surface area contributed by atoms with Gasteiger partial charge in [-0.25, -0.2) is 13.2 Å². The summed E-state index contributed by atoms with van der Waals surface area (Å²) in [6.07, 6.45) is 1.96. The Morgan fingerprint density at radius 2 is 1.59 bits per heavy atom. The molecule has 27 heavy (non-hydrogen) atoms. The Hall–Kier alpha value is -2.38. The van der Waals surface area contributed by atoms with Crippen LogP contribution >= 0.6 is 0 Å². The van der Waals surface area contributed by atoms with E-state index >= 15 is 0 Å². The minimum absolute atomic E-state index is 0.0422. The molecule has 0 bridgehead atoms. The van der Waals surface area contributed by atoms with Gasteiger partial charge in [-0.2, -0.15) is 5.06 Å². The van der Waals surface area contributed by atoms with Crippen molar-refractivity contribution in [1.82, 2.24) is 5.06 Å². The fraction of sp³-hybridized carbons (Fsp3) is 0.350. The first-order valence-electron chi connectivity index (χ1n) is 8.98. The van der Waals surface area contributed by atoms with Crippen molar-refractivity contribution in [2.75, 3.05) is 0 Å². The van der Waals surface area contributed by atoms with Gasteiger partial charge in [0.15, 0.2) is 5.37 Å². The number of hydroxylamine groups is 2. The molecule has 1 aliphatic carbocycles. The second kappa shape index (κ2) is 8.54. The lowest BCUT2D eigenvalue weighted by atomic mass is 10.1. The normalized spacial score (nSPS) is 16.0. The maximum Gasteiger partial charge on any atom is 0.435 e. The summed E-state index contributed by atoms with van der Waals surface area (Å²) in [6, 6.07) is 16.9. The Bertz CT molecular complexity index is 848. The molecule has 0 heterocycles. The molecule has 7 heteroatoms. The summed E-state index contributed by atoms with van der Waals surface area (Å²) in [4.78, 5) is 12.5. The number of hydrogen-bond donors (Lipinski definition) is 1. The predicted molar refractivity (Wildman–Crippen MR) is 99.6 cm³/mol. The van der Waals surface area contributed by atoms with E-state index in [1.54, 1.807) is 42.5 Å². The molecular formula is C20H23NO5S. The van der Waals surface area contributed by atoms with Crippen molar-refractivity contribution in [3.63, 3.8) is 0 Å². The van der Waals surface area contributed by atoms with E-state index in [2.05, 4.69) is 0 Å². The van der Waals surface area contributed by atoms with Crippen molar-refractivity contribution >= 4 is 15.9 Å². The number of rotatable bonds is 6. The van der Waals surface area contributed by atoms with Gasteiger partial charge >= 0.3 is 6.09 Å². The molecule has 1 saturated carbocycles. The molecule has 0 spiro atoms. The molecule has 0 aliphatic heterocycles. The highest BCUT2D eigenvalue weighted by molar-refractivity contribution is 7.92. The number of nitrogens with zero attached hydrogens (tertiary/aromatic N) is 1. The van der Waals surface area contributed by atoms with Gasteiger partial charge < -0.3 is 4.74 Å². The van der Waals surface area contributed by atoms with E-state index in [1.165, 1.54) is 12.1 Å². The van der Waals surface area contributed by atoms with Crippen LogP contribution in [0.5, 0.6) is 0 Å². The van der Waals surface area contributed by atoms with Gasteiger partial charge in [0.2, 0.25) is 9.84 Å². The molecule has 1 unspecified atom stereocenters. The third-order valence-electron chi connectivity index (χ3n) is 4.83. The van der Waals surface area contributed by atoms with Gasteiger partial charge in [0.25, 0.3) is 0 Å². The van der Waals surface area contributed by atoms with Gasteiger partial charge in [0, 0.05) is 0 Å². The number of amides is 1. The zero-order valence-corrected chi connectivity index (χ0v) is 15.7. The van der Waals surface area contributed by atoms with Crippen LogP contribution in [0.4, 0.5) is 4.79 Å². The monoisotopic (exact) mass is 389 g/mol. The zero-order valence-electron chi connectivity index (χ0n) is 14.9. The molecular weight excluding hydrogens is 366 g/mol. The zero-order chi connectivity index (χ0) is 19.3. The fourth-order valence-electron chi connectivity index (χ4n) is 3.47. The molecule has 1 aliphatic rings. The highest BCUT2D eigenvalue weighted by Crippen LogP contribution is 2.35. The van der Waals surface area contributed by atoms with Crippen LogP contribution in [-0.2, 0) is 21.2 Å². The summed E-state index contributed by atoms with van der Waals surface area (Å²) in [5.41, 5.74) is 0.752. The van der Waals surface area contributed by atoms with E-state index in [-0.39, 0.29) is 22.5 Å². The lowest BCUT2D eigenvalue weighted by Crippen LogP contribution is -2.47. The summed E-state index contributed by atoms with van der Waals surface area (Å²) in [5, 5.41) is 9.40. The number of carbonyl (C=O) groups is 1. The van der Waals surface area contributed by atoms with Crippen molar-refractivity contribution in [2.24, 2.45) is 5.92 Å². The van der Waals surface area contributed by atoms with Crippen LogP contribution in [0.15, 0.2) is 65.6 Å². The summed E-state index contributed by atoms with van der Waals surface area (Å²) in [7, 11) is -3.94. The topological polar surface area (TPSA) is 83.9 Å². The lowest BCUT2D eigenvalue weighted by molar-refractivity contribution is -0.0971. The van der Waals surface area contributed by atoms with Crippen molar-refractivity contribution in [2.45, 2.75) is 42.6 Å². The quantitative estimate of drug-likeness (QED) is 0.596. The summed E-state index contributed by atoms with van der Waals surface area (Å²) in [6.45, 7) is -0.0422. The molecule has 0 saturated heterocycles. The molecule has 6 nitrogen and oxygen atoms in total. The van der Waals surface area contributed by atoms with Crippen molar-refractivity contribution in [3.05, 3.63) is 66.2 Å². The smallest absolute Gasteiger partial charge is 0.435 e. The lowest BCUT2D eigenvalue weighted by Gasteiger charge is -2.29. The first-order chi connectivity index (χ1) is 13.0. The minimum atomic E-state index is -3.94. The average molecular weight is 389 g/mol. The van der Waals surface area contributed by atoms with E-state index in [1.807, 2.05) is 6.07 Å². The molecule has 1 atom stereocenters. The Balaban J connectivity index is 1.81. The van der Waals surface area contributed by atoms with Crippen LogP contribution in [0.1, 0.15) is 31.2 Å². The Kier molecular flexibility index (Phi) is 6.13. The third-order valence-corrected chi connectivity index (χ3v) is 6.98. The van der Waals surface area contributed by atoms with Crippen LogP contribution in [0.25, 0.3) is 0 Å². The summed E-state index contributed by atoms with van der Waals surface area (Å²) >= 11 is 0. The first kappa shape index (κ1) is 19.4. The van der Waals surface area contributed by atoms with Gasteiger partial charge in [0.1, 0.15) is 6.61 Å². The van der Waals surface area contributed by atoms with Crippen molar-refractivity contribution < 1.29 is 23.2 Å². The number of benzene rings is 2. The molecule has 1 amide bonds. The molecule has 144 valence electrons. The van der Waals surface area contributed by atoms with Crippen molar-refractivity contribution in [3.8, 4) is 0 Å². The van der Waals surface area contributed by atoms with Crippen LogP contribution in [-0.4, -0.2) is 30.2 Å². The van der Waals surface area contributed by atoms with Gasteiger partial charge in [-0.1, -0.05) is 61.4 Å². The number of sulfone groups is 1. The summed E-state index contributed by atoms with van der Waals surface area (Å²) < 4.78 is 31.4. The Labute approximate surface area is 159 Å². The molecule has 3 rings (SSSR count). The van der Waals surface area contributed by atoms with Crippen molar-refractivity contribution in [1.29, 1.82) is 0 Å². The van der Waals surface area contributed by atoms with Crippen LogP contribution < -0.4 is 0 Å². The van der Waals surface area contributed by atoms with Crippen LogP contribution in [0, 0.1) is 5.92 Å². The number of hydrogen-bond acceptors (Lipinski definition) is 5. The standard InChI is InChI=1S/C20H23NO5S/c22-20(26-15-16-9-3-1-4-10-16)21(23)19(17-11-7-8-12-17)27(24,25)18-13-5-2-6-14-18/h1-6,9-10,13-14,17,19,23H,7-8,11-12,15H2. The van der Waals surface area contributed by atoms with Gasteiger partial charge in [-0.15, -0.1) is 0 Å². The molecule has 2 aromatic rings. The maximum atomic E-state index is 13.1. The Morgan fingerprint density at radius 3 is 2.19 bits per heavy atom. The highest BCUT2D eigenvalue weighted by atomic mass is 32.2. The van der Waals surface area contributed by atoms with Crippen LogP contribution in [0.2, 0.25) is 0 Å². The average Bonchev–Trinajstić information content (AvgIpc) is 3.21. The first-order valence-corrected chi connectivity index (χ1v) is 10.5. The highest BCUT2D eigenvalue weighted by Gasteiger charge is 2.43. The number of carbonyl (C=O) groups excluding carboxylic acids is 1. The van der Waals surface area contributed by atoms with E-state index in [4.69, 9.17) is 4.74 Å². The molecule has 0 aromatic heterocycles. The Morgan fingerprint density at radius 1 is 1.04 bits per heavy atom. The van der Waals surface area contributed by atoms with Crippen LogP contribution in [0.3, 0.4) is 0 Å². The largest absolute Gasteiger partial charge is 0.443 e. The minimum Gasteiger partial charge on any atom is -0.443 e. The molecule has 0 radical (unpaired) electrons. The molecule has 2 aromatic carbocycles. The SMILES string of the molecule is O=C(OCc1ccccc1)N(O)C(C1CCCC1)S(=O)(=O)c1ccccc1. The van der Waals surface area contributed by atoms with Gasteiger partial charge in [-0.05, 0) is 36.5 Å². The molecule has 1 fully saturated rings. The number of ether oxygens (including phenoxy) is 1. The van der Waals surface area contributed by atoms with E-state index < -0.39 is 21.3 Å². The third kappa shape index (κ3) is 4.48. The molecule has 1 N–H and O–H groups in total. The van der Waals surface area contributed by atoms with E-state index in [0.29, 0.717) is 12.8 Å². The van der Waals surface area contributed by atoms with E-state index in [0.717, 1.165) is 18.4 Å². The van der Waals surface area contributed by atoms with Gasteiger partial charge in [-0.3, -0.25) is 5.21 Å². The van der Waals surface area contributed by atoms with Gasteiger partial charge in [0.05, 0.1) is 4.90 Å². The van der Waals surface area contributed by atoms with E-state index in [9.17, 15) is 18.4 Å². The maximum absolute atomic E-state index is 13.1. The second-order valence-electron chi connectivity index (χ2n) is 6.68. The predicted octanol–water partition coefficient (Wildman–Crippen LogP) is 4.00. The second-order valence-corrected chi connectivity index (χ2v) is 8.72. The fourth-order valence-corrected chi connectivity index (χ4v) is 5.41.